The Balaban J connectivity index is 1.83. The van der Waals surface area contributed by atoms with Crippen molar-refractivity contribution in [2.24, 2.45) is 4.99 Å². The smallest absolute Gasteiger partial charge is 0.235 e. The van der Waals surface area contributed by atoms with Crippen molar-refractivity contribution in [2.75, 3.05) is 13.1 Å². The van der Waals surface area contributed by atoms with Crippen molar-refractivity contribution in [2.45, 2.75) is 44.2 Å². The Morgan fingerprint density at radius 2 is 1.89 bits per heavy atom. The van der Waals surface area contributed by atoms with E-state index in [9.17, 15) is 4.79 Å². The largest absolute Gasteiger partial charge is 0.299 e. The van der Waals surface area contributed by atoms with Crippen molar-refractivity contribution in [3.05, 3.63) is 35.4 Å². The minimum Gasteiger partial charge on any atom is -0.299 e. The molecule has 3 heteroatoms. The molecule has 1 saturated carbocycles. The molecule has 2 fully saturated rings. The van der Waals surface area contributed by atoms with Crippen LogP contribution in [0.4, 0.5) is 0 Å². The van der Waals surface area contributed by atoms with Crippen molar-refractivity contribution in [3.63, 3.8) is 0 Å². The van der Waals surface area contributed by atoms with Crippen LogP contribution >= 0.6 is 0 Å². The van der Waals surface area contributed by atoms with Crippen LogP contribution in [0.25, 0.3) is 0 Å². The Hall–Kier alpha value is -1.44. The molecule has 0 unspecified atom stereocenters. The van der Waals surface area contributed by atoms with E-state index in [-0.39, 0.29) is 5.54 Å². The number of nitrogens with zero attached hydrogens (tertiary/aromatic N) is 2. The number of benzene rings is 1. The van der Waals surface area contributed by atoms with Crippen LogP contribution in [-0.2, 0) is 16.9 Å². The van der Waals surface area contributed by atoms with Gasteiger partial charge in [0.1, 0.15) is 0 Å². The van der Waals surface area contributed by atoms with Crippen molar-refractivity contribution in [1.82, 2.24) is 4.90 Å². The Morgan fingerprint density at radius 3 is 2.58 bits per heavy atom. The number of hydrogen-bond acceptors (Lipinski definition) is 3. The zero-order valence-corrected chi connectivity index (χ0v) is 11.3. The molecule has 100 valence electrons. The molecule has 19 heavy (non-hydrogen) atoms. The molecule has 3 rings (SSSR count). The number of piperidine rings is 1. The topological polar surface area (TPSA) is 32.7 Å². The molecule has 1 aromatic carbocycles. The summed E-state index contributed by atoms with van der Waals surface area (Å²) in [5, 5.41) is 0. The number of isocyanates is 1. The van der Waals surface area contributed by atoms with Gasteiger partial charge < -0.3 is 0 Å². The minimum absolute atomic E-state index is 0.242. The van der Waals surface area contributed by atoms with E-state index >= 15 is 0 Å². The van der Waals surface area contributed by atoms with Gasteiger partial charge in [0, 0.05) is 6.54 Å². The number of rotatable bonds is 4. The first-order valence-electron chi connectivity index (χ1n) is 7.24. The Labute approximate surface area is 114 Å². The predicted molar refractivity (Wildman–Crippen MR) is 74.6 cm³/mol. The van der Waals surface area contributed by atoms with E-state index < -0.39 is 0 Å². The molecule has 1 aliphatic heterocycles. The number of aliphatic imine (C=N–C) groups is 1. The average molecular weight is 256 g/mol. The maximum Gasteiger partial charge on any atom is 0.235 e. The van der Waals surface area contributed by atoms with E-state index in [4.69, 9.17) is 0 Å². The summed E-state index contributed by atoms with van der Waals surface area (Å²) in [4.78, 5) is 17.2. The molecule has 0 amide bonds. The van der Waals surface area contributed by atoms with Gasteiger partial charge >= 0.3 is 0 Å². The molecule has 1 aromatic rings. The van der Waals surface area contributed by atoms with Gasteiger partial charge in [0.05, 0.1) is 5.54 Å². The Kier molecular flexibility index (Phi) is 3.50. The summed E-state index contributed by atoms with van der Waals surface area (Å²) in [7, 11) is 0. The summed E-state index contributed by atoms with van der Waals surface area (Å²) < 4.78 is 0. The van der Waals surface area contributed by atoms with Crippen molar-refractivity contribution < 1.29 is 4.79 Å². The van der Waals surface area contributed by atoms with Crippen LogP contribution in [0.1, 0.15) is 43.2 Å². The Morgan fingerprint density at radius 1 is 1.16 bits per heavy atom. The lowest BCUT2D eigenvalue weighted by molar-refractivity contribution is 0.220. The second kappa shape index (κ2) is 5.28. The van der Waals surface area contributed by atoms with Crippen LogP contribution in [-0.4, -0.2) is 24.1 Å². The second-order valence-corrected chi connectivity index (χ2v) is 5.73. The molecule has 1 heterocycles. The molecule has 0 aromatic heterocycles. The van der Waals surface area contributed by atoms with Crippen LogP contribution in [0.5, 0.6) is 0 Å². The van der Waals surface area contributed by atoms with Crippen LogP contribution in [0.2, 0.25) is 0 Å². The first-order chi connectivity index (χ1) is 9.34. The van der Waals surface area contributed by atoms with Gasteiger partial charge in [-0.2, -0.15) is 4.99 Å². The summed E-state index contributed by atoms with van der Waals surface area (Å²) in [5.41, 5.74) is 2.33. The molecule has 0 bridgehead atoms. The zero-order chi connectivity index (χ0) is 13.1. The fourth-order valence-corrected chi connectivity index (χ4v) is 3.12. The molecule has 0 spiro atoms. The maximum atomic E-state index is 10.6. The molecule has 0 radical (unpaired) electrons. The highest BCUT2D eigenvalue weighted by Crippen LogP contribution is 2.50. The zero-order valence-electron chi connectivity index (χ0n) is 11.3. The van der Waals surface area contributed by atoms with Crippen LogP contribution in [0.3, 0.4) is 0 Å². The van der Waals surface area contributed by atoms with Crippen LogP contribution in [0, 0.1) is 0 Å². The van der Waals surface area contributed by atoms with E-state index in [0.29, 0.717) is 0 Å². The van der Waals surface area contributed by atoms with Gasteiger partial charge in [0.25, 0.3) is 0 Å². The average Bonchev–Trinajstić information content (AvgIpc) is 3.22. The van der Waals surface area contributed by atoms with Gasteiger partial charge in [0.15, 0.2) is 0 Å². The van der Waals surface area contributed by atoms with Crippen molar-refractivity contribution in [3.8, 4) is 0 Å². The molecule has 0 N–H and O–H groups in total. The molecule has 3 nitrogen and oxygen atoms in total. The summed E-state index contributed by atoms with van der Waals surface area (Å²) in [5.74, 6) is 0. The summed E-state index contributed by atoms with van der Waals surface area (Å²) in [6, 6.07) is 8.45. The van der Waals surface area contributed by atoms with E-state index in [1.165, 1.54) is 43.5 Å². The summed E-state index contributed by atoms with van der Waals surface area (Å²) >= 11 is 0. The van der Waals surface area contributed by atoms with Gasteiger partial charge in [0.2, 0.25) is 6.08 Å². The van der Waals surface area contributed by atoms with E-state index in [0.717, 1.165) is 19.4 Å². The molecule has 2 aliphatic rings. The SMILES string of the molecule is O=C=NC1(c2ccccc2CN2CCCCC2)CC1. The Bertz CT molecular complexity index is 495. The minimum atomic E-state index is -0.242. The third-order valence-electron chi connectivity index (χ3n) is 4.34. The van der Waals surface area contributed by atoms with Gasteiger partial charge in [-0.05, 0) is 49.9 Å². The predicted octanol–water partition coefficient (Wildman–Crippen LogP) is 3.00. The second-order valence-electron chi connectivity index (χ2n) is 5.73. The van der Waals surface area contributed by atoms with E-state index in [1.807, 2.05) is 0 Å². The highest BCUT2D eigenvalue weighted by molar-refractivity contribution is 5.44. The fourth-order valence-electron chi connectivity index (χ4n) is 3.12. The van der Waals surface area contributed by atoms with E-state index in [2.05, 4.69) is 34.2 Å². The molecule has 1 aliphatic carbocycles. The van der Waals surface area contributed by atoms with Gasteiger partial charge in [-0.15, -0.1) is 0 Å². The summed E-state index contributed by atoms with van der Waals surface area (Å²) in [6.45, 7) is 3.38. The maximum absolute atomic E-state index is 10.6. The third-order valence-corrected chi connectivity index (χ3v) is 4.34. The summed E-state index contributed by atoms with van der Waals surface area (Å²) in [6.07, 6.45) is 7.70. The number of likely N-dealkylation sites (tertiary alicyclic amines) is 1. The van der Waals surface area contributed by atoms with Gasteiger partial charge in [-0.1, -0.05) is 30.7 Å². The molecular weight excluding hydrogens is 236 g/mol. The molecular formula is C16H20N2O. The lowest BCUT2D eigenvalue weighted by Gasteiger charge is -2.28. The normalized spacial score (nSPS) is 21.7. The quantitative estimate of drug-likeness (QED) is 0.613. The van der Waals surface area contributed by atoms with Gasteiger partial charge in [-0.3, -0.25) is 4.90 Å². The van der Waals surface area contributed by atoms with Crippen LogP contribution < -0.4 is 0 Å². The number of hydrogen-bond donors (Lipinski definition) is 0. The third kappa shape index (κ3) is 2.63. The molecule has 1 saturated heterocycles. The van der Waals surface area contributed by atoms with Gasteiger partial charge in [-0.25, -0.2) is 4.79 Å². The lowest BCUT2D eigenvalue weighted by atomic mass is 9.97. The lowest BCUT2D eigenvalue weighted by Crippen LogP contribution is -2.29. The number of carbonyl (C=O) groups excluding carboxylic acids is 1. The standard InChI is InChI=1S/C16H20N2O/c19-13-17-16(8-9-16)15-7-3-2-6-14(15)12-18-10-4-1-5-11-18/h2-3,6-7H,1,4-5,8-12H2. The van der Waals surface area contributed by atoms with E-state index in [1.54, 1.807) is 6.08 Å². The first kappa shape index (κ1) is 12.6. The van der Waals surface area contributed by atoms with Crippen LogP contribution in [0.15, 0.2) is 29.3 Å². The van der Waals surface area contributed by atoms with Crippen molar-refractivity contribution in [1.29, 1.82) is 0 Å². The monoisotopic (exact) mass is 256 g/mol. The fraction of sp³-hybridized carbons (Fsp3) is 0.562. The highest BCUT2D eigenvalue weighted by atomic mass is 16.1. The highest BCUT2D eigenvalue weighted by Gasteiger charge is 2.46. The first-order valence-corrected chi connectivity index (χ1v) is 7.24. The van der Waals surface area contributed by atoms with Crippen molar-refractivity contribution >= 4 is 6.08 Å². The molecule has 0 atom stereocenters.